The number of sulfonamides is 2. The largest absolute Gasteiger partial charge is 0.496 e. The third-order valence-electron chi connectivity index (χ3n) is 9.68. The second-order valence-corrected chi connectivity index (χ2v) is 16.8. The molecule has 1 aliphatic carbocycles. The summed E-state index contributed by atoms with van der Waals surface area (Å²) in [5.41, 5.74) is 8.32. The Bertz CT molecular complexity index is 1820. The van der Waals surface area contributed by atoms with Gasteiger partial charge in [0.1, 0.15) is 24.2 Å². The summed E-state index contributed by atoms with van der Waals surface area (Å²) < 4.78 is 72.9. The Morgan fingerprint density at radius 3 is 2.40 bits per heavy atom. The number of aliphatic hydroxyl groups is 1. The molecule has 3 aromatic rings. The van der Waals surface area contributed by atoms with Crippen LogP contribution < -0.4 is 25.2 Å². The van der Waals surface area contributed by atoms with Gasteiger partial charge in [0.2, 0.25) is 20.0 Å². The molecule has 2 heterocycles. The quantitative estimate of drug-likeness (QED) is 0.208. The Hall–Kier alpha value is -3.08. The monoisotopic (exact) mass is 700 g/mol. The van der Waals surface area contributed by atoms with E-state index in [9.17, 15) is 21.9 Å². The molecule has 1 spiro atoms. The fourth-order valence-electron chi connectivity index (χ4n) is 6.49. The molecule has 0 bridgehead atoms. The van der Waals surface area contributed by atoms with E-state index >= 15 is 0 Å². The summed E-state index contributed by atoms with van der Waals surface area (Å²) in [5, 5.41) is 13.8. The summed E-state index contributed by atoms with van der Waals surface area (Å²) in [4.78, 5) is 0.297. The molecule has 14 heteroatoms. The first-order chi connectivity index (χ1) is 22.9. The zero-order valence-corrected chi connectivity index (χ0v) is 28.9. The Kier molecular flexibility index (Phi) is 9.91. The van der Waals surface area contributed by atoms with Gasteiger partial charge in [-0.05, 0) is 80.6 Å². The summed E-state index contributed by atoms with van der Waals surface area (Å²) >= 11 is 0. The van der Waals surface area contributed by atoms with Crippen LogP contribution in [-0.2, 0) is 30.3 Å². The average Bonchev–Trinajstić information content (AvgIpc) is 3.74. The van der Waals surface area contributed by atoms with Gasteiger partial charge in [-0.1, -0.05) is 30.3 Å². The van der Waals surface area contributed by atoms with E-state index in [1.54, 1.807) is 37.4 Å². The highest BCUT2D eigenvalue weighted by Crippen LogP contribution is 2.44. The second-order valence-electron chi connectivity index (χ2n) is 13.0. The lowest BCUT2D eigenvalue weighted by Gasteiger charge is -2.38. The van der Waals surface area contributed by atoms with Crippen LogP contribution in [-0.4, -0.2) is 91.0 Å². The van der Waals surface area contributed by atoms with Gasteiger partial charge in [0.25, 0.3) is 0 Å². The van der Waals surface area contributed by atoms with Gasteiger partial charge in [-0.15, -0.1) is 0 Å². The molecule has 260 valence electrons. The van der Waals surface area contributed by atoms with Crippen LogP contribution in [0.5, 0.6) is 11.5 Å². The lowest BCUT2D eigenvalue weighted by molar-refractivity contribution is -0.0312. The molecule has 0 amide bonds. The first-order valence-corrected chi connectivity index (χ1v) is 19.1. The van der Waals surface area contributed by atoms with Gasteiger partial charge in [0.15, 0.2) is 0 Å². The van der Waals surface area contributed by atoms with E-state index in [1.165, 1.54) is 23.5 Å². The minimum atomic E-state index is -3.76. The van der Waals surface area contributed by atoms with Gasteiger partial charge in [-0.25, -0.2) is 21.6 Å². The van der Waals surface area contributed by atoms with E-state index in [2.05, 4.69) is 10.0 Å². The van der Waals surface area contributed by atoms with Crippen LogP contribution in [0.3, 0.4) is 0 Å². The molecular formula is C34H44N4O8S2. The number of aliphatic hydroxyl groups excluding tert-OH is 1. The van der Waals surface area contributed by atoms with Gasteiger partial charge < -0.3 is 30.4 Å². The molecule has 6 rings (SSSR count). The number of methoxy groups -OCH3 is 1. The van der Waals surface area contributed by atoms with Crippen molar-refractivity contribution in [2.75, 3.05) is 47.0 Å². The van der Waals surface area contributed by atoms with E-state index in [1.807, 2.05) is 24.3 Å². The van der Waals surface area contributed by atoms with E-state index in [0.29, 0.717) is 56.0 Å². The highest BCUT2D eigenvalue weighted by Gasteiger charge is 2.45. The summed E-state index contributed by atoms with van der Waals surface area (Å²) in [6, 6.07) is 19.0. The third-order valence-corrected chi connectivity index (χ3v) is 13.0. The smallest absolute Gasteiger partial charge is 0.243 e. The van der Waals surface area contributed by atoms with Crippen LogP contribution in [0.1, 0.15) is 37.7 Å². The fourth-order valence-corrected chi connectivity index (χ4v) is 8.72. The van der Waals surface area contributed by atoms with Crippen molar-refractivity contribution < 1.29 is 36.2 Å². The molecule has 0 radical (unpaired) electrons. The molecule has 2 aliphatic heterocycles. The maximum Gasteiger partial charge on any atom is 0.243 e. The topological polar surface area (TPSA) is 170 Å². The number of hydrogen-bond acceptors (Lipinski definition) is 10. The lowest BCUT2D eigenvalue weighted by atomic mass is 9.88. The van der Waals surface area contributed by atoms with E-state index in [0.717, 1.165) is 24.0 Å². The van der Waals surface area contributed by atoms with Crippen molar-refractivity contribution in [2.45, 2.75) is 65.2 Å². The molecule has 3 aliphatic rings. The zero-order chi connectivity index (χ0) is 34.2. The second kappa shape index (κ2) is 13.7. The number of nitrogens with one attached hydrogen (secondary N) is 2. The summed E-state index contributed by atoms with van der Waals surface area (Å²) in [5.74, 6) is 0.936. The molecule has 48 heavy (non-hydrogen) atoms. The van der Waals surface area contributed by atoms with Crippen LogP contribution in [0.25, 0.3) is 11.1 Å². The summed E-state index contributed by atoms with van der Waals surface area (Å²) in [6.45, 7) is 1.37. The SMILES string of the molecule is CNS(=O)(=O)c1cccc(OCC(O)CNC2COC3(CCN(S(=O)(=O)c4ccc(OC)c(-c5ccc(C6(N)CC6)cc5)c4)CC3)C2)c1. The van der Waals surface area contributed by atoms with Crippen LogP contribution in [0.4, 0.5) is 0 Å². The normalized spacial score (nSPS) is 21.2. The van der Waals surface area contributed by atoms with Crippen molar-refractivity contribution in [1.82, 2.24) is 14.3 Å². The number of nitrogens with two attached hydrogens (primary N) is 1. The first-order valence-electron chi connectivity index (χ1n) is 16.2. The minimum absolute atomic E-state index is 0.00324. The molecule has 12 nitrogen and oxygen atoms in total. The maximum absolute atomic E-state index is 13.8. The molecular weight excluding hydrogens is 657 g/mol. The van der Waals surface area contributed by atoms with Gasteiger partial charge in [0, 0.05) is 42.8 Å². The van der Waals surface area contributed by atoms with Gasteiger partial charge in [-0.3, -0.25) is 0 Å². The zero-order valence-electron chi connectivity index (χ0n) is 27.2. The molecule has 1 saturated carbocycles. The van der Waals surface area contributed by atoms with Crippen molar-refractivity contribution in [3.8, 4) is 22.6 Å². The molecule has 2 unspecified atom stereocenters. The van der Waals surface area contributed by atoms with Gasteiger partial charge in [0.05, 0.1) is 29.1 Å². The van der Waals surface area contributed by atoms with Crippen molar-refractivity contribution >= 4 is 20.0 Å². The Morgan fingerprint density at radius 1 is 1.00 bits per heavy atom. The summed E-state index contributed by atoms with van der Waals surface area (Å²) in [7, 11) is -4.45. The highest BCUT2D eigenvalue weighted by molar-refractivity contribution is 7.89. The van der Waals surface area contributed by atoms with Crippen molar-refractivity contribution in [1.29, 1.82) is 0 Å². The van der Waals surface area contributed by atoms with E-state index in [-0.39, 0.29) is 34.5 Å². The molecule has 5 N–H and O–H groups in total. The highest BCUT2D eigenvalue weighted by atomic mass is 32.2. The Balaban J connectivity index is 1.01. The number of ether oxygens (including phenoxy) is 3. The van der Waals surface area contributed by atoms with Crippen molar-refractivity contribution in [2.24, 2.45) is 5.73 Å². The number of benzene rings is 3. The molecule has 0 aromatic heterocycles. The standard InChI is InChI=1S/C34H44N4O8S2/c1-36-47(40,41)29-5-3-4-28(18-29)45-23-27(39)21-37-26-20-33(46-22-26)14-16-38(17-15-33)48(42,43)30-10-11-32(44-2)31(19-30)24-6-8-25(9-7-24)34(35)12-13-34/h3-11,18-19,26-27,36-37,39H,12-17,20-23,35H2,1-2H3. The van der Waals surface area contributed by atoms with Crippen LogP contribution >= 0.6 is 0 Å². The van der Waals surface area contributed by atoms with Crippen molar-refractivity contribution in [3.05, 3.63) is 72.3 Å². The third kappa shape index (κ3) is 7.41. The molecule has 3 aromatic carbocycles. The van der Waals surface area contributed by atoms with Crippen molar-refractivity contribution in [3.63, 3.8) is 0 Å². The van der Waals surface area contributed by atoms with Gasteiger partial charge in [-0.2, -0.15) is 4.31 Å². The Morgan fingerprint density at radius 2 is 1.73 bits per heavy atom. The molecule has 2 atom stereocenters. The molecule has 2 saturated heterocycles. The minimum Gasteiger partial charge on any atom is -0.496 e. The number of piperidine rings is 1. The van der Waals surface area contributed by atoms with Gasteiger partial charge >= 0.3 is 0 Å². The maximum atomic E-state index is 13.8. The lowest BCUT2D eigenvalue weighted by Crippen LogP contribution is -2.47. The number of rotatable bonds is 13. The first kappa shape index (κ1) is 34.8. The van der Waals surface area contributed by atoms with Crippen LogP contribution in [0.15, 0.2) is 76.5 Å². The Labute approximate surface area is 282 Å². The van der Waals surface area contributed by atoms with Crippen LogP contribution in [0, 0.1) is 0 Å². The number of hydrogen-bond donors (Lipinski definition) is 4. The number of nitrogens with zero attached hydrogens (tertiary/aromatic N) is 1. The summed E-state index contributed by atoms with van der Waals surface area (Å²) in [6.07, 6.45) is 2.92. The predicted molar refractivity (Wildman–Crippen MR) is 181 cm³/mol. The van der Waals surface area contributed by atoms with Crippen LogP contribution in [0.2, 0.25) is 0 Å². The fraction of sp³-hybridized carbons (Fsp3) is 0.471. The van der Waals surface area contributed by atoms with E-state index < -0.39 is 31.8 Å². The average molecular weight is 701 g/mol. The molecule has 3 fully saturated rings. The van der Waals surface area contributed by atoms with E-state index in [4.69, 9.17) is 19.9 Å². The predicted octanol–water partition coefficient (Wildman–Crippen LogP) is 2.56.